The average molecular weight is 654 g/mol. The topological polar surface area (TPSA) is 87.2 Å². The number of carbonyl (C=O) groups excluding carboxylic acids is 3. The smallest absolute Gasteiger partial charge is 0.310 e. The molecule has 3 unspecified atom stereocenters. The van der Waals surface area contributed by atoms with Gasteiger partial charge in [-0.2, -0.15) is 0 Å². The zero-order valence-corrected chi connectivity index (χ0v) is 26.4. The van der Waals surface area contributed by atoms with Crippen molar-refractivity contribution < 1.29 is 24.2 Å². The number of aliphatic hydroxyl groups excluding tert-OH is 1. The molecule has 42 heavy (non-hydrogen) atoms. The zero-order valence-electron chi connectivity index (χ0n) is 23.9. The number of rotatable bonds is 11. The molecule has 3 saturated heterocycles. The van der Waals surface area contributed by atoms with Crippen molar-refractivity contribution in [2.24, 2.45) is 11.8 Å². The van der Waals surface area contributed by atoms with Gasteiger partial charge in [0, 0.05) is 22.3 Å². The number of anilines is 1. The molecular formula is C33H37BrN2O5S. The molecule has 3 fully saturated rings. The molecule has 9 heteroatoms. The predicted molar refractivity (Wildman–Crippen MR) is 170 cm³/mol. The number of amides is 2. The first-order valence-electron chi connectivity index (χ1n) is 14.3. The summed E-state index contributed by atoms with van der Waals surface area (Å²) in [7, 11) is 0. The van der Waals surface area contributed by atoms with E-state index in [1.807, 2.05) is 62.4 Å². The van der Waals surface area contributed by atoms with Gasteiger partial charge in [-0.3, -0.25) is 14.4 Å². The van der Waals surface area contributed by atoms with E-state index < -0.39 is 34.6 Å². The Kier molecular flexibility index (Phi) is 9.02. The van der Waals surface area contributed by atoms with E-state index in [0.717, 1.165) is 22.4 Å². The number of hydrogen-bond acceptors (Lipinski definition) is 6. The van der Waals surface area contributed by atoms with Gasteiger partial charge in [0.2, 0.25) is 5.91 Å². The summed E-state index contributed by atoms with van der Waals surface area (Å²) in [5, 5.41) is 10.5. The molecule has 7 nitrogen and oxygen atoms in total. The Labute approximate surface area is 260 Å². The van der Waals surface area contributed by atoms with Crippen molar-refractivity contribution in [2.45, 2.75) is 53.6 Å². The second-order valence-corrected chi connectivity index (χ2v) is 14.0. The highest BCUT2D eigenvalue weighted by atomic mass is 79.9. The van der Waals surface area contributed by atoms with Gasteiger partial charge in [0.15, 0.2) is 0 Å². The van der Waals surface area contributed by atoms with Crippen molar-refractivity contribution in [3.05, 3.63) is 90.5 Å². The maximum absolute atomic E-state index is 15.0. The number of aryl methyl sites for hydroxylation is 2. The summed E-state index contributed by atoms with van der Waals surface area (Å²) in [6.07, 6.45) is 4.41. The minimum absolute atomic E-state index is 0.0865. The third-order valence-electron chi connectivity index (χ3n) is 8.73. The maximum Gasteiger partial charge on any atom is 0.310 e. The number of halogens is 1. The number of alkyl halides is 1. The summed E-state index contributed by atoms with van der Waals surface area (Å²) in [4.78, 5) is 46.3. The van der Waals surface area contributed by atoms with Gasteiger partial charge in [0.05, 0.1) is 35.8 Å². The molecule has 1 N–H and O–H groups in total. The van der Waals surface area contributed by atoms with E-state index in [1.165, 1.54) is 0 Å². The standard InChI is InChI=1S/C33H37BrN2O5S/c1-5-7-16-41-32(40)26-27-30(38)36(25(19-37)22-11-9-8-10-12-22)29(33(27)18-23(34)28(26)42-33)31(39)35(15-6-2)24-17-20(3)13-14-21(24)4/h5-6,8-14,17,23,25-29,37H,1-2,7,15-16,18-19H2,3-4H3/t23?,25-,26-,27+,28-,29?,33?/m1/s1. The minimum Gasteiger partial charge on any atom is -0.465 e. The molecular weight excluding hydrogens is 616 g/mol. The fourth-order valence-corrected chi connectivity index (χ4v) is 10.5. The first-order chi connectivity index (χ1) is 20.2. The summed E-state index contributed by atoms with van der Waals surface area (Å²) in [6.45, 7) is 11.6. The Bertz CT molecular complexity index is 1390. The van der Waals surface area contributed by atoms with E-state index in [-0.39, 0.29) is 41.6 Å². The van der Waals surface area contributed by atoms with Crippen LogP contribution in [-0.2, 0) is 19.1 Å². The lowest BCUT2D eigenvalue weighted by Crippen LogP contribution is -2.56. The van der Waals surface area contributed by atoms with Crippen LogP contribution in [0.15, 0.2) is 73.8 Å². The molecule has 3 aliphatic rings. The molecule has 5 rings (SSSR count). The van der Waals surface area contributed by atoms with Gasteiger partial charge in [0.25, 0.3) is 5.91 Å². The molecule has 2 aromatic rings. The number of aliphatic hydroxyl groups is 1. The molecule has 2 amide bonds. The van der Waals surface area contributed by atoms with Crippen LogP contribution in [0.25, 0.3) is 0 Å². The van der Waals surface area contributed by atoms with Crippen LogP contribution in [-0.4, -0.2) is 68.4 Å². The highest BCUT2D eigenvalue weighted by Crippen LogP contribution is 2.68. The van der Waals surface area contributed by atoms with Gasteiger partial charge < -0.3 is 19.6 Å². The van der Waals surface area contributed by atoms with Gasteiger partial charge >= 0.3 is 5.97 Å². The highest BCUT2D eigenvalue weighted by Gasteiger charge is 2.76. The van der Waals surface area contributed by atoms with E-state index >= 15 is 0 Å². The summed E-state index contributed by atoms with van der Waals surface area (Å²) in [6, 6.07) is 13.5. The van der Waals surface area contributed by atoms with Crippen molar-refractivity contribution in [1.82, 2.24) is 4.90 Å². The normalized spacial score (nSPS) is 28.3. The molecule has 222 valence electrons. The van der Waals surface area contributed by atoms with Crippen LogP contribution in [0.4, 0.5) is 5.69 Å². The fourth-order valence-electron chi connectivity index (χ4n) is 6.91. The first kappa shape index (κ1) is 30.6. The molecule has 0 radical (unpaired) electrons. The van der Waals surface area contributed by atoms with Crippen molar-refractivity contribution in [1.29, 1.82) is 0 Å². The van der Waals surface area contributed by atoms with Crippen LogP contribution in [0.3, 0.4) is 0 Å². The molecule has 2 aromatic carbocycles. The zero-order chi connectivity index (χ0) is 30.2. The fraction of sp³-hybridized carbons (Fsp3) is 0.424. The second-order valence-electron chi connectivity index (χ2n) is 11.3. The Morgan fingerprint density at radius 1 is 1.21 bits per heavy atom. The minimum atomic E-state index is -0.923. The van der Waals surface area contributed by atoms with Crippen molar-refractivity contribution in [2.75, 3.05) is 24.7 Å². The third-order valence-corrected chi connectivity index (χ3v) is 11.9. The van der Waals surface area contributed by atoms with Crippen LogP contribution >= 0.6 is 27.7 Å². The summed E-state index contributed by atoms with van der Waals surface area (Å²) in [5.41, 5.74) is 3.41. The third kappa shape index (κ3) is 5.03. The number of hydrogen-bond donors (Lipinski definition) is 1. The molecule has 2 bridgehead atoms. The van der Waals surface area contributed by atoms with Gasteiger partial charge in [-0.05, 0) is 49.4 Å². The van der Waals surface area contributed by atoms with E-state index in [0.29, 0.717) is 12.8 Å². The van der Waals surface area contributed by atoms with Crippen molar-refractivity contribution in [3.63, 3.8) is 0 Å². The summed E-state index contributed by atoms with van der Waals surface area (Å²) >= 11 is 5.35. The number of esters is 1. The largest absolute Gasteiger partial charge is 0.465 e. The van der Waals surface area contributed by atoms with Gasteiger partial charge in [-0.25, -0.2) is 0 Å². The van der Waals surface area contributed by atoms with Gasteiger partial charge in [-0.15, -0.1) is 24.9 Å². The summed E-state index contributed by atoms with van der Waals surface area (Å²) in [5.74, 6) is -2.44. The Balaban J connectivity index is 1.65. The number of thioether (sulfide) groups is 1. The molecule has 3 aliphatic heterocycles. The lowest BCUT2D eigenvalue weighted by molar-refractivity contribution is -0.154. The maximum atomic E-state index is 15.0. The van der Waals surface area contributed by atoms with Crippen LogP contribution in [0.2, 0.25) is 0 Å². The second kappa shape index (κ2) is 12.4. The van der Waals surface area contributed by atoms with Crippen LogP contribution in [0.5, 0.6) is 0 Å². The summed E-state index contributed by atoms with van der Waals surface area (Å²) < 4.78 is 4.75. The van der Waals surface area contributed by atoms with Gasteiger partial charge in [-0.1, -0.05) is 70.5 Å². The number of ether oxygens (including phenoxy) is 1. The Morgan fingerprint density at radius 3 is 2.62 bits per heavy atom. The first-order valence-corrected chi connectivity index (χ1v) is 16.1. The van der Waals surface area contributed by atoms with E-state index in [9.17, 15) is 19.5 Å². The predicted octanol–water partition coefficient (Wildman–Crippen LogP) is 5.14. The number of carbonyl (C=O) groups is 3. The average Bonchev–Trinajstić information content (AvgIpc) is 3.57. The SMILES string of the molecule is C=CCCOC(=O)[C@H]1[C@@H]2SC3(CC2Br)C(C(=O)N(CC=C)c2cc(C)ccc2C)N([C@H](CO)c2ccccc2)C(=O)[C@H]13. The lowest BCUT2D eigenvalue weighted by atomic mass is 9.71. The number of likely N-dealkylation sites (tertiary alicyclic amines) is 1. The molecule has 7 atom stereocenters. The Hall–Kier alpha value is -2.88. The Morgan fingerprint density at radius 2 is 1.95 bits per heavy atom. The molecule has 1 spiro atoms. The van der Waals surface area contributed by atoms with Gasteiger partial charge in [0.1, 0.15) is 6.04 Å². The molecule has 0 saturated carbocycles. The number of benzene rings is 2. The van der Waals surface area contributed by atoms with Crippen LogP contribution < -0.4 is 4.90 Å². The van der Waals surface area contributed by atoms with E-state index in [4.69, 9.17) is 4.74 Å². The number of fused-ring (bicyclic) bond motifs is 1. The van der Waals surface area contributed by atoms with Crippen molar-refractivity contribution in [3.8, 4) is 0 Å². The lowest BCUT2D eigenvalue weighted by Gasteiger charge is -2.40. The van der Waals surface area contributed by atoms with E-state index in [1.54, 1.807) is 33.7 Å². The van der Waals surface area contributed by atoms with Crippen LogP contribution in [0.1, 0.15) is 35.6 Å². The molecule has 0 aliphatic carbocycles. The monoisotopic (exact) mass is 652 g/mol. The van der Waals surface area contributed by atoms with Crippen LogP contribution in [0, 0.1) is 25.7 Å². The quantitative estimate of drug-likeness (QED) is 0.157. The number of nitrogens with zero attached hydrogens (tertiary/aromatic N) is 2. The van der Waals surface area contributed by atoms with Crippen molar-refractivity contribution >= 4 is 51.2 Å². The highest BCUT2D eigenvalue weighted by molar-refractivity contribution is 9.09. The molecule has 3 heterocycles. The van der Waals surface area contributed by atoms with E-state index in [2.05, 4.69) is 29.1 Å². The molecule has 0 aromatic heterocycles.